The van der Waals surface area contributed by atoms with Gasteiger partial charge in [-0.25, -0.2) is 0 Å². The summed E-state index contributed by atoms with van der Waals surface area (Å²) in [4.78, 5) is 0. The lowest BCUT2D eigenvalue weighted by Gasteiger charge is -2.15. The van der Waals surface area contributed by atoms with Gasteiger partial charge in [0.05, 0.1) is 0 Å². The van der Waals surface area contributed by atoms with Crippen molar-refractivity contribution < 1.29 is 4.74 Å². The lowest BCUT2D eigenvalue weighted by molar-refractivity contribution is 0.272. The van der Waals surface area contributed by atoms with Gasteiger partial charge in [0.1, 0.15) is 12.4 Å². The minimum Gasteiger partial charge on any atom is -0.492 e. The summed E-state index contributed by atoms with van der Waals surface area (Å²) < 4.78 is 5.77. The molecule has 2 aromatic carbocycles. The van der Waals surface area contributed by atoms with E-state index >= 15 is 0 Å². The van der Waals surface area contributed by atoms with Crippen molar-refractivity contribution in [2.75, 3.05) is 6.61 Å². The monoisotopic (exact) mass is 269 g/mol. The van der Waals surface area contributed by atoms with Crippen LogP contribution in [-0.2, 0) is 6.54 Å². The maximum Gasteiger partial charge on any atom is 0.119 e. The Balaban J connectivity index is 1.75. The van der Waals surface area contributed by atoms with Crippen LogP contribution < -0.4 is 10.1 Å². The molecule has 0 aromatic heterocycles. The van der Waals surface area contributed by atoms with Crippen LogP contribution in [0.4, 0.5) is 0 Å². The zero-order valence-corrected chi connectivity index (χ0v) is 12.5. The Hall–Kier alpha value is -1.80. The number of ether oxygens (including phenoxy) is 1. The quantitative estimate of drug-likeness (QED) is 0.859. The first-order valence-electron chi connectivity index (χ1n) is 7.12. The summed E-state index contributed by atoms with van der Waals surface area (Å²) >= 11 is 0. The fraction of sp³-hybridized carbons (Fsp3) is 0.333. The van der Waals surface area contributed by atoms with E-state index in [-0.39, 0.29) is 0 Å². The van der Waals surface area contributed by atoms with Crippen molar-refractivity contribution in [2.45, 2.75) is 33.4 Å². The summed E-state index contributed by atoms with van der Waals surface area (Å²) in [6.45, 7) is 7.89. The average Bonchev–Trinajstić information content (AvgIpc) is 2.45. The summed E-state index contributed by atoms with van der Waals surface area (Å²) in [7, 11) is 0. The Labute approximate surface area is 121 Å². The molecule has 0 radical (unpaired) electrons. The van der Waals surface area contributed by atoms with E-state index < -0.39 is 0 Å². The summed E-state index contributed by atoms with van der Waals surface area (Å²) in [6, 6.07) is 17.1. The van der Waals surface area contributed by atoms with Gasteiger partial charge in [-0.05, 0) is 38.5 Å². The summed E-state index contributed by atoms with van der Waals surface area (Å²) in [5.74, 6) is 0.930. The predicted molar refractivity (Wildman–Crippen MR) is 84.2 cm³/mol. The van der Waals surface area contributed by atoms with E-state index in [2.05, 4.69) is 62.5 Å². The molecule has 0 amide bonds. The Bertz CT molecular complexity index is 533. The van der Waals surface area contributed by atoms with Gasteiger partial charge < -0.3 is 10.1 Å². The molecule has 106 valence electrons. The van der Waals surface area contributed by atoms with Gasteiger partial charge in [0.2, 0.25) is 0 Å². The smallest absolute Gasteiger partial charge is 0.119 e. The van der Waals surface area contributed by atoms with Gasteiger partial charge in [-0.15, -0.1) is 0 Å². The van der Waals surface area contributed by atoms with E-state index in [0.717, 1.165) is 12.3 Å². The van der Waals surface area contributed by atoms with Gasteiger partial charge in [-0.1, -0.05) is 47.5 Å². The van der Waals surface area contributed by atoms with Crippen LogP contribution in [0.2, 0.25) is 0 Å². The molecule has 0 saturated carbocycles. The standard InChI is InChI=1S/C18H23NO/c1-14-7-9-18(10-8-14)20-13-16(3)19-12-17-6-4-5-15(2)11-17/h4-11,16,19H,12-13H2,1-3H3. The molecule has 0 spiro atoms. The molecule has 2 heteroatoms. The third kappa shape index (κ3) is 4.71. The highest BCUT2D eigenvalue weighted by atomic mass is 16.5. The summed E-state index contributed by atoms with van der Waals surface area (Å²) in [5.41, 5.74) is 3.86. The van der Waals surface area contributed by atoms with Crippen molar-refractivity contribution in [1.29, 1.82) is 0 Å². The second-order valence-electron chi connectivity index (χ2n) is 5.40. The normalized spacial score (nSPS) is 12.2. The Morgan fingerprint density at radius 1 is 1.00 bits per heavy atom. The molecule has 0 bridgehead atoms. The van der Waals surface area contributed by atoms with Crippen molar-refractivity contribution in [3.8, 4) is 5.75 Å². The first-order valence-corrected chi connectivity index (χ1v) is 7.12. The number of nitrogens with one attached hydrogen (secondary N) is 1. The second-order valence-corrected chi connectivity index (χ2v) is 5.40. The highest BCUT2D eigenvalue weighted by Crippen LogP contribution is 2.11. The molecule has 1 atom stereocenters. The molecule has 2 aromatic rings. The van der Waals surface area contributed by atoms with Crippen LogP contribution in [0.3, 0.4) is 0 Å². The van der Waals surface area contributed by atoms with Crippen LogP contribution in [0.15, 0.2) is 48.5 Å². The van der Waals surface area contributed by atoms with Crippen LogP contribution in [-0.4, -0.2) is 12.6 Å². The SMILES string of the molecule is Cc1ccc(OCC(C)NCc2cccc(C)c2)cc1. The maximum absolute atomic E-state index is 5.77. The van der Waals surface area contributed by atoms with E-state index in [4.69, 9.17) is 4.74 Å². The molecule has 20 heavy (non-hydrogen) atoms. The topological polar surface area (TPSA) is 21.3 Å². The van der Waals surface area contributed by atoms with Gasteiger partial charge in [-0.2, -0.15) is 0 Å². The van der Waals surface area contributed by atoms with Crippen LogP contribution in [0.25, 0.3) is 0 Å². The van der Waals surface area contributed by atoms with Crippen LogP contribution in [0.5, 0.6) is 5.75 Å². The van der Waals surface area contributed by atoms with Crippen molar-refractivity contribution in [1.82, 2.24) is 5.32 Å². The highest BCUT2D eigenvalue weighted by molar-refractivity contribution is 5.26. The zero-order valence-electron chi connectivity index (χ0n) is 12.5. The summed E-state index contributed by atoms with van der Waals surface area (Å²) in [6.07, 6.45) is 0. The average molecular weight is 269 g/mol. The molecular weight excluding hydrogens is 246 g/mol. The molecule has 0 heterocycles. The number of hydrogen-bond acceptors (Lipinski definition) is 2. The molecular formula is C18H23NO. The van der Waals surface area contributed by atoms with Crippen LogP contribution >= 0.6 is 0 Å². The largest absolute Gasteiger partial charge is 0.492 e. The van der Waals surface area contributed by atoms with Crippen molar-refractivity contribution in [3.63, 3.8) is 0 Å². The van der Waals surface area contributed by atoms with Crippen LogP contribution in [0.1, 0.15) is 23.6 Å². The first kappa shape index (κ1) is 14.6. The van der Waals surface area contributed by atoms with Gasteiger partial charge in [0, 0.05) is 12.6 Å². The molecule has 1 N–H and O–H groups in total. The molecule has 0 saturated heterocycles. The van der Waals surface area contributed by atoms with Crippen molar-refractivity contribution >= 4 is 0 Å². The first-order chi connectivity index (χ1) is 9.63. The van der Waals surface area contributed by atoms with Crippen molar-refractivity contribution in [3.05, 3.63) is 65.2 Å². The number of hydrogen-bond donors (Lipinski definition) is 1. The molecule has 2 nitrogen and oxygen atoms in total. The number of benzene rings is 2. The summed E-state index contributed by atoms with van der Waals surface area (Å²) in [5, 5.41) is 3.48. The van der Waals surface area contributed by atoms with Gasteiger partial charge >= 0.3 is 0 Å². The van der Waals surface area contributed by atoms with Gasteiger partial charge in [0.15, 0.2) is 0 Å². The van der Waals surface area contributed by atoms with E-state index in [1.807, 2.05) is 12.1 Å². The fourth-order valence-corrected chi connectivity index (χ4v) is 2.03. The Kier molecular flexibility index (Phi) is 5.19. The lowest BCUT2D eigenvalue weighted by atomic mass is 10.1. The molecule has 0 aliphatic rings. The van der Waals surface area contributed by atoms with Gasteiger partial charge in [-0.3, -0.25) is 0 Å². The minimum atomic E-state index is 0.316. The predicted octanol–water partition coefficient (Wildman–Crippen LogP) is 3.86. The molecule has 0 aliphatic carbocycles. The van der Waals surface area contributed by atoms with Crippen molar-refractivity contribution in [2.24, 2.45) is 0 Å². The Morgan fingerprint density at radius 2 is 1.75 bits per heavy atom. The minimum absolute atomic E-state index is 0.316. The maximum atomic E-state index is 5.77. The van der Waals surface area contributed by atoms with Crippen LogP contribution in [0, 0.1) is 13.8 Å². The molecule has 1 unspecified atom stereocenters. The molecule has 0 fully saturated rings. The third-order valence-electron chi connectivity index (χ3n) is 3.26. The Morgan fingerprint density at radius 3 is 2.45 bits per heavy atom. The fourth-order valence-electron chi connectivity index (χ4n) is 2.03. The highest BCUT2D eigenvalue weighted by Gasteiger charge is 2.03. The number of aryl methyl sites for hydroxylation is 2. The molecule has 2 rings (SSSR count). The zero-order chi connectivity index (χ0) is 14.4. The van der Waals surface area contributed by atoms with E-state index in [9.17, 15) is 0 Å². The van der Waals surface area contributed by atoms with E-state index in [1.54, 1.807) is 0 Å². The third-order valence-corrected chi connectivity index (χ3v) is 3.26. The van der Waals surface area contributed by atoms with Gasteiger partial charge in [0.25, 0.3) is 0 Å². The van der Waals surface area contributed by atoms with E-state index in [0.29, 0.717) is 12.6 Å². The second kappa shape index (κ2) is 7.11. The lowest BCUT2D eigenvalue weighted by Crippen LogP contribution is -2.31. The van der Waals surface area contributed by atoms with E-state index in [1.165, 1.54) is 16.7 Å². The number of rotatable bonds is 6. The molecule has 0 aliphatic heterocycles.